The number of carbonyl (C=O) groups is 1. The molecule has 1 amide bonds. The van der Waals surface area contributed by atoms with Crippen molar-refractivity contribution in [3.05, 3.63) is 34.6 Å². The number of nitrogens with zero attached hydrogens (tertiary/aromatic N) is 1. The van der Waals surface area contributed by atoms with Crippen molar-refractivity contribution in [2.45, 2.75) is 44.2 Å². The van der Waals surface area contributed by atoms with E-state index in [9.17, 15) is 9.18 Å². The summed E-state index contributed by atoms with van der Waals surface area (Å²) in [5.41, 5.74) is 0.277. The van der Waals surface area contributed by atoms with Gasteiger partial charge < -0.3 is 10.2 Å². The molecule has 1 unspecified atom stereocenters. The van der Waals surface area contributed by atoms with Gasteiger partial charge in [-0.15, -0.1) is 0 Å². The molecule has 1 heterocycles. The lowest BCUT2D eigenvalue weighted by molar-refractivity contribution is 0.0717. The fraction of sp³-hybridized carbons (Fsp3) is 0.562. The molecule has 3 nitrogen and oxygen atoms in total. The van der Waals surface area contributed by atoms with E-state index in [2.05, 4.69) is 5.32 Å². The van der Waals surface area contributed by atoms with Gasteiger partial charge in [0.05, 0.1) is 10.6 Å². The van der Waals surface area contributed by atoms with Crippen molar-refractivity contribution in [3.8, 4) is 0 Å². The number of carbonyl (C=O) groups excluding carboxylic acids is 1. The molecule has 0 bridgehead atoms. The largest absolute Gasteiger partial charge is 0.334 e. The number of piperidine rings is 1. The van der Waals surface area contributed by atoms with Gasteiger partial charge in [0.15, 0.2) is 0 Å². The van der Waals surface area contributed by atoms with E-state index in [0.29, 0.717) is 18.6 Å². The molecule has 0 aromatic heterocycles. The second-order valence-electron chi connectivity index (χ2n) is 5.94. The molecule has 1 aromatic rings. The van der Waals surface area contributed by atoms with Crippen molar-refractivity contribution >= 4 is 17.5 Å². The summed E-state index contributed by atoms with van der Waals surface area (Å²) < 4.78 is 13.6. The Morgan fingerprint density at radius 2 is 2.14 bits per heavy atom. The van der Waals surface area contributed by atoms with Crippen molar-refractivity contribution in [1.82, 2.24) is 10.2 Å². The highest BCUT2D eigenvalue weighted by atomic mass is 35.5. The van der Waals surface area contributed by atoms with Crippen LogP contribution in [0.2, 0.25) is 5.02 Å². The smallest absolute Gasteiger partial charge is 0.255 e. The van der Waals surface area contributed by atoms with E-state index in [1.54, 1.807) is 12.1 Å². The lowest BCUT2D eigenvalue weighted by Gasteiger charge is -2.31. The third-order valence-electron chi connectivity index (χ3n) is 4.26. The summed E-state index contributed by atoms with van der Waals surface area (Å²) in [6, 6.07) is 5.07. The molecule has 0 radical (unpaired) electrons. The predicted molar refractivity (Wildman–Crippen MR) is 81.1 cm³/mol. The maximum atomic E-state index is 13.6. The molecule has 114 valence electrons. The van der Waals surface area contributed by atoms with Crippen LogP contribution in [0, 0.1) is 5.82 Å². The molecule has 1 aliphatic carbocycles. The Morgan fingerprint density at radius 1 is 1.33 bits per heavy atom. The number of benzene rings is 1. The normalized spacial score (nSPS) is 22.1. The van der Waals surface area contributed by atoms with Gasteiger partial charge in [-0.1, -0.05) is 24.1 Å². The number of hydrogen-bond acceptors (Lipinski definition) is 2. The number of nitrogens with one attached hydrogen (secondary N) is 1. The van der Waals surface area contributed by atoms with Crippen LogP contribution >= 0.6 is 11.6 Å². The van der Waals surface area contributed by atoms with Crippen LogP contribution in [0.1, 0.15) is 42.5 Å². The van der Waals surface area contributed by atoms with Gasteiger partial charge in [-0.2, -0.15) is 0 Å². The molecule has 5 heteroatoms. The van der Waals surface area contributed by atoms with Crippen LogP contribution in [-0.4, -0.2) is 36.0 Å². The Bertz CT molecular complexity index is 527. The predicted octanol–water partition coefficient (Wildman–Crippen LogP) is 3.23. The fourth-order valence-corrected chi connectivity index (χ4v) is 3.13. The van der Waals surface area contributed by atoms with Crippen LogP contribution in [-0.2, 0) is 0 Å². The van der Waals surface area contributed by atoms with Gasteiger partial charge in [-0.05, 0) is 44.4 Å². The summed E-state index contributed by atoms with van der Waals surface area (Å²) in [6.45, 7) is 1.70. The van der Waals surface area contributed by atoms with Gasteiger partial charge in [-0.25, -0.2) is 4.39 Å². The quantitative estimate of drug-likeness (QED) is 0.926. The van der Waals surface area contributed by atoms with Gasteiger partial charge in [-0.3, -0.25) is 4.79 Å². The molecule has 2 aliphatic rings. The third-order valence-corrected chi connectivity index (χ3v) is 4.64. The standard InChI is InChI=1S/C16H20ClFN2O/c17-15-13(5-3-6-14(15)18)16(21)20(12-7-8-12)10-11-4-1-2-9-19-11/h3,5-6,11-12,19H,1-2,4,7-10H2. The lowest BCUT2D eigenvalue weighted by atomic mass is 10.0. The maximum absolute atomic E-state index is 13.6. The molecule has 21 heavy (non-hydrogen) atoms. The van der Waals surface area contributed by atoms with Gasteiger partial charge in [0.2, 0.25) is 0 Å². The molecule has 0 spiro atoms. The van der Waals surface area contributed by atoms with Gasteiger partial charge in [0.25, 0.3) is 5.91 Å². The van der Waals surface area contributed by atoms with Crippen molar-refractivity contribution < 1.29 is 9.18 Å². The van der Waals surface area contributed by atoms with E-state index in [-0.39, 0.29) is 16.5 Å². The summed E-state index contributed by atoms with van der Waals surface area (Å²) in [5.74, 6) is -0.677. The lowest BCUT2D eigenvalue weighted by Crippen LogP contribution is -2.46. The Kier molecular flexibility index (Phi) is 4.45. The van der Waals surface area contributed by atoms with Crippen molar-refractivity contribution in [1.29, 1.82) is 0 Å². The minimum atomic E-state index is -0.533. The molecule has 1 saturated carbocycles. The first-order valence-corrected chi connectivity index (χ1v) is 8.03. The zero-order valence-corrected chi connectivity index (χ0v) is 12.7. The van der Waals surface area contributed by atoms with E-state index >= 15 is 0 Å². The highest BCUT2D eigenvalue weighted by Crippen LogP contribution is 2.31. The van der Waals surface area contributed by atoms with Crippen LogP contribution < -0.4 is 5.32 Å². The molecular weight excluding hydrogens is 291 g/mol. The highest BCUT2D eigenvalue weighted by molar-refractivity contribution is 6.34. The molecule has 1 aliphatic heterocycles. The number of hydrogen-bond donors (Lipinski definition) is 1. The topological polar surface area (TPSA) is 32.3 Å². The molecule has 2 fully saturated rings. The van der Waals surface area contributed by atoms with Crippen molar-refractivity contribution in [2.24, 2.45) is 0 Å². The summed E-state index contributed by atoms with van der Waals surface area (Å²) in [5, 5.41) is 3.40. The Morgan fingerprint density at radius 3 is 2.81 bits per heavy atom. The zero-order chi connectivity index (χ0) is 14.8. The second kappa shape index (κ2) is 6.32. The van der Waals surface area contributed by atoms with Crippen LogP contribution in [0.4, 0.5) is 4.39 Å². The first-order valence-electron chi connectivity index (χ1n) is 7.65. The van der Waals surface area contributed by atoms with Crippen LogP contribution in [0.25, 0.3) is 0 Å². The summed E-state index contributed by atoms with van der Waals surface area (Å²) in [6.07, 6.45) is 5.55. The first-order chi connectivity index (χ1) is 10.2. The first kappa shape index (κ1) is 14.8. The minimum Gasteiger partial charge on any atom is -0.334 e. The Balaban J connectivity index is 1.76. The maximum Gasteiger partial charge on any atom is 0.255 e. The number of rotatable bonds is 4. The molecule has 1 aromatic carbocycles. The summed E-state index contributed by atoms with van der Waals surface area (Å²) in [4.78, 5) is 14.6. The molecule has 1 saturated heterocycles. The van der Waals surface area contributed by atoms with Crippen molar-refractivity contribution in [2.75, 3.05) is 13.1 Å². The highest BCUT2D eigenvalue weighted by Gasteiger charge is 2.35. The summed E-state index contributed by atoms with van der Waals surface area (Å²) in [7, 11) is 0. The van der Waals surface area contributed by atoms with Crippen LogP contribution in [0.15, 0.2) is 18.2 Å². The molecule has 1 N–H and O–H groups in total. The molecular formula is C16H20ClFN2O. The van der Waals surface area contributed by atoms with E-state index in [1.165, 1.54) is 18.9 Å². The number of amides is 1. The SMILES string of the molecule is O=C(c1cccc(F)c1Cl)N(CC1CCCCN1)C1CC1. The molecule has 1 atom stereocenters. The minimum absolute atomic E-state index is 0.0650. The van der Waals surface area contributed by atoms with Gasteiger partial charge in [0, 0.05) is 18.6 Å². The Labute approximate surface area is 129 Å². The van der Waals surface area contributed by atoms with E-state index in [1.807, 2.05) is 4.90 Å². The third kappa shape index (κ3) is 3.38. The van der Waals surface area contributed by atoms with E-state index in [0.717, 1.165) is 25.8 Å². The number of halogens is 2. The molecule has 3 rings (SSSR count). The zero-order valence-electron chi connectivity index (χ0n) is 11.9. The van der Waals surface area contributed by atoms with Crippen molar-refractivity contribution in [3.63, 3.8) is 0 Å². The van der Waals surface area contributed by atoms with Gasteiger partial charge in [0.1, 0.15) is 5.82 Å². The van der Waals surface area contributed by atoms with E-state index in [4.69, 9.17) is 11.6 Å². The second-order valence-corrected chi connectivity index (χ2v) is 6.31. The van der Waals surface area contributed by atoms with E-state index < -0.39 is 5.82 Å². The summed E-state index contributed by atoms with van der Waals surface area (Å²) >= 11 is 5.96. The van der Waals surface area contributed by atoms with Gasteiger partial charge >= 0.3 is 0 Å². The van der Waals surface area contributed by atoms with Crippen LogP contribution in [0.3, 0.4) is 0 Å². The average molecular weight is 311 g/mol. The average Bonchev–Trinajstić information content (AvgIpc) is 3.33. The Hall–Kier alpha value is -1.13. The monoisotopic (exact) mass is 310 g/mol. The fourth-order valence-electron chi connectivity index (χ4n) is 2.92. The van der Waals surface area contributed by atoms with Crippen LogP contribution in [0.5, 0.6) is 0 Å².